The number of phenolic OH excluding ortho intramolecular Hbond substituents is 2. The number of carbonyl (C=O) groups excluding carboxylic acids is 2. The van der Waals surface area contributed by atoms with Crippen molar-refractivity contribution in [3.63, 3.8) is 0 Å². The molecule has 0 spiro atoms. The molecular weight excluding hydrogens is 350 g/mol. The second kappa shape index (κ2) is 7.93. The van der Waals surface area contributed by atoms with Crippen molar-refractivity contribution in [1.82, 2.24) is 0 Å². The molecule has 4 N–H and O–H groups in total. The zero-order valence-corrected chi connectivity index (χ0v) is 15.5. The normalized spacial score (nSPS) is 15.1. The highest BCUT2D eigenvalue weighted by Crippen LogP contribution is 2.27. The number of nitrogens with two attached hydrogens (primary N) is 1. The molecule has 0 aliphatic carbocycles. The summed E-state index contributed by atoms with van der Waals surface area (Å²) in [6, 6.07) is 4.13. The summed E-state index contributed by atoms with van der Waals surface area (Å²) in [4.78, 5) is 24.2. The number of rotatable bonds is 7. The topological polar surface area (TPSA) is 119 Å². The van der Waals surface area contributed by atoms with E-state index in [0.717, 1.165) is 0 Å². The summed E-state index contributed by atoms with van der Waals surface area (Å²) in [7, 11) is 0. The van der Waals surface area contributed by atoms with Crippen molar-refractivity contribution in [2.24, 2.45) is 11.1 Å². The van der Waals surface area contributed by atoms with Crippen LogP contribution in [0.2, 0.25) is 0 Å². The van der Waals surface area contributed by atoms with Gasteiger partial charge in [0.15, 0.2) is 11.5 Å². The van der Waals surface area contributed by atoms with Crippen LogP contribution >= 0.6 is 11.6 Å². The Morgan fingerprint density at radius 2 is 1.72 bits per heavy atom. The number of hydrogen-bond donors (Lipinski definition) is 3. The highest BCUT2D eigenvalue weighted by molar-refractivity contribution is 6.19. The Labute approximate surface area is 151 Å². The number of carbonyl (C=O) groups is 2. The first-order chi connectivity index (χ1) is 11.4. The average molecular weight is 374 g/mol. The molecule has 140 valence electrons. The van der Waals surface area contributed by atoms with Crippen LogP contribution < -0.4 is 5.73 Å². The molecule has 1 aromatic carbocycles. The van der Waals surface area contributed by atoms with E-state index >= 15 is 0 Å². The Kier molecular flexibility index (Phi) is 6.68. The summed E-state index contributed by atoms with van der Waals surface area (Å²) in [5.74, 6) is -1.89. The van der Waals surface area contributed by atoms with Crippen molar-refractivity contribution < 1.29 is 29.3 Å². The fourth-order valence-corrected chi connectivity index (χ4v) is 1.96. The molecule has 1 aromatic rings. The number of benzene rings is 1. The maximum Gasteiger partial charge on any atom is 0.329 e. The van der Waals surface area contributed by atoms with E-state index in [1.54, 1.807) is 13.8 Å². The van der Waals surface area contributed by atoms with Crippen molar-refractivity contribution in [2.45, 2.75) is 45.9 Å². The fourth-order valence-electron chi connectivity index (χ4n) is 1.85. The minimum absolute atomic E-state index is 0.0491. The quantitative estimate of drug-likeness (QED) is 0.289. The standard InChI is InChI=1S/C17H24ClNO6/c1-10(24-14(22)16(2,3)9-18)25-15(23)17(4,19)8-11-5-6-12(20)13(21)7-11/h5-7,10,20-21H,8-9,19H2,1-4H3/t10?,17-/m0/s1. The number of aromatic hydroxyl groups is 2. The van der Waals surface area contributed by atoms with Crippen LogP contribution in [0.3, 0.4) is 0 Å². The lowest BCUT2D eigenvalue weighted by atomic mass is 9.94. The lowest BCUT2D eigenvalue weighted by molar-refractivity contribution is -0.193. The van der Waals surface area contributed by atoms with Crippen molar-refractivity contribution in [2.75, 3.05) is 5.88 Å². The maximum atomic E-state index is 12.3. The summed E-state index contributed by atoms with van der Waals surface area (Å²) in [5.41, 5.74) is 4.19. The minimum atomic E-state index is -1.42. The van der Waals surface area contributed by atoms with Gasteiger partial charge >= 0.3 is 11.9 Å². The van der Waals surface area contributed by atoms with Crippen molar-refractivity contribution >= 4 is 23.5 Å². The fraction of sp³-hybridized carbons (Fsp3) is 0.529. The summed E-state index contributed by atoms with van der Waals surface area (Å²) < 4.78 is 10.2. The molecule has 0 bridgehead atoms. The zero-order valence-electron chi connectivity index (χ0n) is 14.7. The third-order valence-electron chi connectivity index (χ3n) is 3.51. The van der Waals surface area contributed by atoms with Crippen molar-refractivity contribution in [3.8, 4) is 11.5 Å². The molecule has 1 unspecified atom stereocenters. The summed E-state index contributed by atoms with van der Waals surface area (Å²) in [6.07, 6.45) is -1.08. The van der Waals surface area contributed by atoms with Crippen LogP contribution in [0.15, 0.2) is 18.2 Å². The summed E-state index contributed by atoms with van der Waals surface area (Å²) >= 11 is 5.70. The van der Waals surface area contributed by atoms with Gasteiger partial charge in [-0.3, -0.25) is 4.79 Å². The van der Waals surface area contributed by atoms with Crippen molar-refractivity contribution in [3.05, 3.63) is 23.8 Å². The molecule has 0 aromatic heterocycles. The first-order valence-corrected chi connectivity index (χ1v) is 8.20. The van der Waals surface area contributed by atoms with Crippen LogP contribution in [0.5, 0.6) is 11.5 Å². The molecule has 1 rings (SSSR count). The maximum absolute atomic E-state index is 12.3. The van der Waals surface area contributed by atoms with E-state index in [0.29, 0.717) is 5.56 Å². The van der Waals surface area contributed by atoms with Gasteiger partial charge in [-0.25, -0.2) is 4.79 Å². The number of alkyl halides is 1. The molecule has 0 saturated heterocycles. The van der Waals surface area contributed by atoms with Crippen LogP contribution in [0, 0.1) is 5.41 Å². The highest BCUT2D eigenvalue weighted by Gasteiger charge is 2.34. The van der Waals surface area contributed by atoms with Crippen molar-refractivity contribution in [1.29, 1.82) is 0 Å². The number of hydrogen-bond acceptors (Lipinski definition) is 7. The molecule has 0 aliphatic heterocycles. The van der Waals surface area contributed by atoms with E-state index < -0.39 is 29.2 Å². The van der Waals surface area contributed by atoms with Gasteiger partial charge in [-0.1, -0.05) is 6.07 Å². The van der Waals surface area contributed by atoms with Crippen LogP contribution in [0.4, 0.5) is 0 Å². The Hall–Kier alpha value is -1.99. The number of ether oxygens (including phenoxy) is 2. The van der Waals surface area contributed by atoms with Gasteiger partial charge in [0.25, 0.3) is 0 Å². The largest absolute Gasteiger partial charge is 0.504 e. The molecule has 0 heterocycles. The molecule has 2 atom stereocenters. The Morgan fingerprint density at radius 1 is 1.16 bits per heavy atom. The van der Waals surface area contributed by atoms with Crippen LogP contribution in [-0.2, 0) is 25.5 Å². The first-order valence-electron chi connectivity index (χ1n) is 7.67. The highest BCUT2D eigenvalue weighted by atomic mass is 35.5. The van der Waals surface area contributed by atoms with Gasteiger partial charge in [-0.2, -0.15) is 0 Å². The van der Waals surface area contributed by atoms with E-state index in [-0.39, 0.29) is 23.8 Å². The van der Waals surface area contributed by atoms with Gasteiger partial charge in [0.1, 0.15) is 5.54 Å². The van der Waals surface area contributed by atoms with E-state index in [1.807, 2.05) is 0 Å². The Balaban J connectivity index is 2.70. The molecule has 0 fully saturated rings. The van der Waals surface area contributed by atoms with E-state index in [9.17, 15) is 19.8 Å². The third-order valence-corrected chi connectivity index (χ3v) is 4.18. The van der Waals surface area contributed by atoms with Gasteiger partial charge in [0, 0.05) is 19.2 Å². The SMILES string of the molecule is CC(OC(=O)C(C)(C)CCl)OC(=O)[C@@](C)(N)Cc1ccc(O)c(O)c1. The van der Waals surface area contributed by atoms with E-state index in [4.69, 9.17) is 26.8 Å². The summed E-state index contributed by atoms with van der Waals surface area (Å²) in [6.45, 7) is 6.08. The van der Waals surface area contributed by atoms with Crippen LogP contribution in [0.1, 0.15) is 33.3 Å². The second-order valence-electron chi connectivity index (χ2n) is 6.81. The lowest BCUT2D eigenvalue weighted by Gasteiger charge is -2.27. The predicted octanol–water partition coefficient (Wildman–Crippen LogP) is 2.06. The molecule has 25 heavy (non-hydrogen) atoms. The number of phenols is 2. The predicted molar refractivity (Wildman–Crippen MR) is 92.2 cm³/mol. The molecular formula is C17H24ClNO6. The van der Waals surface area contributed by atoms with Gasteiger partial charge in [0.2, 0.25) is 6.29 Å². The molecule has 0 radical (unpaired) electrons. The molecule has 7 nitrogen and oxygen atoms in total. The summed E-state index contributed by atoms with van der Waals surface area (Å²) in [5, 5.41) is 18.8. The van der Waals surface area contributed by atoms with Gasteiger partial charge < -0.3 is 25.4 Å². The Bertz CT molecular complexity index is 644. The third kappa shape index (κ3) is 5.79. The first kappa shape index (κ1) is 21.1. The minimum Gasteiger partial charge on any atom is -0.504 e. The van der Waals surface area contributed by atoms with Crippen LogP contribution in [0.25, 0.3) is 0 Å². The molecule has 0 saturated carbocycles. The van der Waals surface area contributed by atoms with Crippen LogP contribution in [-0.4, -0.2) is 39.9 Å². The van der Waals surface area contributed by atoms with Gasteiger partial charge in [-0.05, 0) is 38.5 Å². The number of esters is 2. The lowest BCUT2D eigenvalue weighted by Crippen LogP contribution is -2.49. The number of halogens is 1. The monoisotopic (exact) mass is 373 g/mol. The van der Waals surface area contributed by atoms with E-state index in [2.05, 4.69) is 0 Å². The average Bonchev–Trinajstić information content (AvgIpc) is 2.50. The molecule has 8 heteroatoms. The Morgan fingerprint density at radius 3 is 2.24 bits per heavy atom. The zero-order chi connectivity index (χ0) is 19.4. The smallest absolute Gasteiger partial charge is 0.329 e. The second-order valence-corrected chi connectivity index (χ2v) is 7.08. The van der Waals surface area contributed by atoms with Gasteiger partial charge in [-0.15, -0.1) is 11.6 Å². The van der Waals surface area contributed by atoms with Gasteiger partial charge in [0.05, 0.1) is 5.41 Å². The molecule has 0 aliphatic rings. The molecule has 0 amide bonds. The van der Waals surface area contributed by atoms with E-state index in [1.165, 1.54) is 32.0 Å².